The van der Waals surface area contributed by atoms with Crippen LogP contribution >= 0.6 is 15.9 Å². The number of nitrogen functional groups attached to an aromatic ring is 1. The van der Waals surface area contributed by atoms with E-state index in [4.69, 9.17) is 5.73 Å². The summed E-state index contributed by atoms with van der Waals surface area (Å²) in [5.74, 6) is -0.123. The molecule has 0 heterocycles. The van der Waals surface area contributed by atoms with Crippen LogP contribution in [0, 0.1) is 0 Å². The van der Waals surface area contributed by atoms with Gasteiger partial charge >= 0.3 is 0 Å². The highest BCUT2D eigenvalue weighted by Crippen LogP contribution is 2.12. The molecule has 0 atom stereocenters. The first-order valence-corrected chi connectivity index (χ1v) is 6.32. The molecule has 0 spiro atoms. The average molecular weight is 305 g/mol. The lowest BCUT2D eigenvalue weighted by Gasteiger charge is -2.06. The number of rotatable bonds is 3. The number of nitrogens with one attached hydrogen (secondary N) is 1. The number of carbonyl (C=O) groups is 1. The number of hydrogen-bond acceptors (Lipinski definition) is 2. The zero-order valence-corrected chi connectivity index (χ0v) is 11.3. The van der Waals surface area contributed by atoms with Crippen LogP contribution in [0.4, 0.5) is 5.69 Å². The first-order valence-electron chi connectivity index (χ1n) is 5.53. The van der Waals surface area contributed by atoms with Gasteiger partial charge in [-0.3, -0.25) is 4.79 Å². The summed E-state index contributed by atoms with van der Waals surface area (Å²) >= 11 is 3.39. The van der Waals surface area contributed by atoms with Gasteiger partial charge in [0.25, 0.3) is 5.91 Å². The van der Waals surface area contributed by atoms with E-state index in [1.165, 1.54) is 0 Å². The van der Waals surface area contributed by atoms with Crippen molar-refractivity contribution >= 4 is 27.5 Å². The number of halogens is 1. The largest absolute Gasteiger partial charge is 0.399 e. The van der Waals surface area contributed by atoms with E-state index >= 15 is 0 Å². The number of carbonyl (C=O) groups excluding carboxylic acids is 1. The smallest absolute Gasteiger partial charge is 0.251 e. The molecule has 4 heteroatoms. The third-order valence-corrected chi connectivity index (χ3v) is 2.98. The van der Waals surface area contributed by atoms with Gasteiger partial charge in [-0.2, -0.15) is 0 Å². The van der Waals surface area contributed by atoms with E-state index in [0.29, 0.717) is 17.8 Å². The van der Waals surface area contributed by atoms with Gasteiger partial charge in [-0.05, 0) is 35.9 Å². The van der Waals surface area contributed by atoms with Gasteiger partial charge in [0, 0.05) is 22.3 Å². The van der Waals surface area contributed by atoms with E-state index in [-0.39, 0.29) is 5.91 Å². The number of hydrogen-bond donors (Lipinski definition) is 2. The molecule has 0 saturated heterocycles. The Bertz CT molecular complexity index is 569. The molecule has 1 amide bonds. The third kappa shape index (κ3) is 3.34. The lowest BCUT2D eigenvalue weighted by molar-refractivity contribution is 0.0951. The zero-order chi connectivity index (χ0) is 13.0. The van der Waals surface area contributed by atoms with Crippen LogP contribution in [-0.2, 0) is 6.54 Å². The van der Waals surface area contributed by atoms with Crippen LogP contribution < -0.4 is 11.1 Å². The SMILES string of the molecule is Nc1cccc(C(=O)NCc2cccc(Br)c2)c1. The number of amides is 1. The van der Waals surface area contributed by atoms with E-state index in [1.54, 1.807) is 24.3 Å². The second-order valence-corrected chi connectivity index (χ2v) is 4.85. The molecule has 0 unspecified atom stereocenters. The molecule has 0 aliphatic carbocycles. The standard InChI is InChI=1S/C14H13BrN2O/c15-12-5-1-3-10(7-12)9-17-14(18)11-4-2-6-13(16)8-11/h1-8H,9,16H2,(H,17,18). The fourth-order valence-electron chi connectivity index (χ4n) is 1.61. The second-order valence-electron chi connectivity index (χ2n) is 3.94. The molecule has 3 nitrogen and oxygen atoms in total. The van der Waals surface area contributed by atoms with E-state index in [1.807, 2.05) is 24.3 Å². The maximum atomic E-state index is 11.9. The predicted molar refractivity (Wildman–Crippen MR) is 76.2 cm³/mol. The Hall–Kier alpha value is -1.81. The quantitative estimate of drug-likeness (QED) is 0.857. The fourth-order valence-corrected chi connectivity index (χ4v) is 2.06. The van der Waals surface area contributed by atoms with Gasteiger partial charge in [-0.25, -0.2) is 0 Å². The van der Waals surface area contributed by atoms with Crippen molar-refractivity contribution in [1.29, 1.82) is 0 Å². The van der Waals surface area contributed by atoms with Crippen LogP contribution in [0.5, 0.6) is 0 Å². The second kappa shape index (κ2) is 5.69. The van der Waals surface area contributed by atoms with Crippen LogP contribution in [0.2, 0.25) is 0 Å². The summed E-state index contributed by atoms with van der Waals surface area (Å²) in [6.07, 6.45) is 0. The Kier molecular flexibility index (Phi) is 3.99. The van der Waals surface area contributed by atoms with Crippen molar-refractivity contribution in [2.45, 2.75) is 6.54 Å². The molecule has 0 saturated carbocycles. The van der Waals surface area contributed by atoms with Gasteiger partial charge in [0.1, 0.15) is 0 Å². The molecule has 0 aromatic heterocycles. The first kappa shape index (κ1) is 12.6. The molecule has 0 bridgehead atoms. The molecule has 0 radical (unpaired) electrons. The zero-order valence-electron chi connectivity index (χ0n) is 9.69. The minimum Gasteiger partial charge on any atom is -0.399 e. The topological polar surface area (TPSA) is 55.1 Å². The van der Waals surface area contributed by atoms with E-state index in [0.717, 1.165) is 10.0 Å². The van der Waals surface area contributed by atoms with Crippen LogP contribution in [0.3, 0.4) is 0 Å². The Labute approximate surface area is 114 Å². The van der Waals surface area contributed by atoms with E-state index in [2.05, 4.69) is 21.2 Å². The molecule has 2 rings (SSSR count). The van der Waals surface area contributed by atoms with Crippen molar-refractivity contribution in [3.05, 3.63) is 64.1 Å². The maximum Gasteiger partial charge on any atom is 0.251 e. The van der Waals surface area contributed by atoms with Crippen molar-refractivity contribution in [2.24, 2.45) is 0 Å². The lowest BCUT2D eigenvalue weighted by atomic mass is 10.2. The summed E-state index contributed by atoms with van der Waals surface area (Å²) in [6.45, 7) is 0.493. The van der Waals surface area contributed by atoms with Crippen molar-refractivity contribution in [3.63, 3.8) is 0 Å². The Morgan fingerprint density at radius 2 is 1.94 bits per heavy atom. The molecule has 92 valence electrons. The van der Waals surface area contributed by atoms with Gasteiger partial charge in [0.2, 0.25) is 0 Å². The molecular formula is C14H13BrN2O. The molecule has 0 aliphatic rings. The van der Waals surface area contributed by atoms with Crippen molar-refractivity contribution in [3.8, 4) is 0 Å². The van der Waals surface area contributed by atoms with Gasteiger partial charge in [-0.15, -0.1) is 0 Å². The van der Waals surface area contributed by atoms with Gasteiger partial charge < -0.3 is 11.1 Å². The Morgan fingerprint density at radius 3 is 2.67 bits per heavy atom. The summed E-state index contributed by atoms with van der Waals surface area (Å²) in [5, 5.41) is 2.85. The van der Waals surface area contributed by atoms with Crippen molar-refractivity contribution in [2.75, 3.05) is 5.73 Å². The Morgan fingerprint density at radius 1 is 1.17 bits per heavy atom. The highest BCUT2D eigenvalue weighted by atomic mass is 79.9. The molecule has 2 aromatic rings. The van der Waals surface area contributed by atoms with Crippen LogP contribution in [0.15, 0.2) is 53.0 Å². The summed E-state index contributed by atoms with van der Waals surface area (Å²) in [5.41, 5.74) is 7.84. The minimum atomic E-state index is -0.123. The van der Waals surface area contributed by atoms with E-state index < -0.39 is 0 Å². The summed E-state index contributed by atoms with van der Waals surface area (Å²) < 4.78 is 0.998. The Balaban J connectivity index is 2.00. The summed E-state index contributed by atoms with van der Waals surface area (Å²) in [4.78, 5) is 11.9. The highest BCUT2D eigenvalue weighted by Gasteiger charge is 2.05. The number of benzene rings is 2. The fraction of sp³-hybridized carbons (Fsp3) is 0.0714. The molecule has 0 aliphatic heterocycles. The molecule has 3 N–H and O–H groups in total. The highest BCUT2D eigenvalue weighted by molar-refractivity contribution is 9.10. The van der Waals surface area contributed by atoms with Crippen LogP contribution in [0.25, 0.3) is 0 Å². The number of nitrogens with two attached hydrogens (primary N) is 1. The molecule has 2 aromatic carbocycles. The average Bonchev–Trinajstić information content (AvgIpc) is 2.36. The summed E-state index contributed by atoms with van der Waals surface area (Å²) in [6, 6.07) is 14.7. The predicted octanol–water partition coefficient (Wildman–Crippen LogP) is 2.96. The maximum absolute atomic E-state index is 11.9. The van der Waals surface area contributed by atoms with E-state index in [9.17, 15) is 4.79 Å². The monoisotopic (exact) mass is 304 g/mol. The van der Waals surface area contributed by atoms with Crippen LogP contribution in [0.1, 0.15) is 15.9 Å². The first-order chi connectivity index (χ1) is 8.65. The summed E-state index contributed by atoms with van der Waals surface area (Å²) in [7, 11) is 0. The number of anilines is 1. The van der Waals surface area contributed by atoms with Crippen LogP contribution in [-0.4, -0.2) is 5.91 Å². The van der Waals surface area contributed by atoms with Crippen molar-refractivity contribution < 1.29 is 4.79 Å². The minimum absolute atomic E-state index is 0.123. The lowest BCUT2D eigenvalue weighted by Crippen LogP contribution is -2.22. The normalized spacial score (nSPS) is 10.1. The third-order valence-electron chi connectivity index (χ3n) is 2.49. The molecular weight excluding hydrogens is 292 g/mol. The van der Waals surface area contributed by atoms with Crippen molar-refractivity contribution in [1.82, 2.24) is 5.32 Å². The molecule has 0 fully saturated rings. The van der Waals surface area contributed by atoms with Gasteiger partial charge in [0.15, 0.2) is 0 Å². The van der Waals surface area contributed by atoms with Gasteiger partial charge in [-0.1, -0.05) is 34.1 Å². The van der Waals surface area contributed by atoms with Gasteiger partial charge in [0.05, 0.1) is 0 Å². The molecule has 18 heavy (non-hydrogen) atoms.